The third-order valence-corrected chi connectivity index (χ3v) is 3.79. The van der Waals surface area contributed by atoms with E-state index in [1.54, 1.807) is 6.07 Å². The lowest BCUT2D eigenvalue weighted by Gasteiger charge is -2.22. The molecule has 4 nitrogen and oxygen atoms in total. The van der Waals surface area contributed by atoms with Gasteiger partial charge >= 0.3 is 6.09 Å². The van der Waals surface area contributed by atoms with E-state index in [-0.39, 0.29) is 17.8 Å². The highest BCUT2D eigenvalue weighted by Crippen LogP contribution is 2.38. The van der Waals surface area contributed by atoms with E-state index < -0.39 is 6.09 Å². The van der Waals surface area contributed by atoms with E-state index in [1.807, 2.05) is 57.2 Å². The third kappa shape index (κ3) is 4.73. The summed E-state index contributed by atoms with van der Waals surface area (Å²) < 4.78 is 5.95. The minimum atomic E-state index is -0.609. The fourth-order valence-corrected chi connectivity index (χ4v) is 2.59. The molecule has 0 aliphatic carbocycles. The van der Waals surface area contributed by atoms with Crippen molar-refractivity contribution in [1.82, 2.24) is 0 Å². The zero-order valence-corrected chi connectivity index (χ0v) is 15.0. The van der Waals surface area contributed by atoms with Crippen LogP contribution in [0.1, 0.15) is 31.9 Å². The molecule has 1 amide bonds. The molecule has 0 fully saturated rings. The van der Waals surface area contributed by atoms with E-state index in [2.05, 4.69) is 21.2 Å². The number of nitrogens with one attached hydrogen (secondary N) is 1. The van der Waals surface area contributed by atoms with E-state index in [4.69, 9.17) is 4.74 Å². The summed E-state index contributed by atoms with van der Waals surface area (Å²) in [5.74, 6) is 0.0531. The molecule has 0 aliphatic rings. The molecule has 2 aromatic rings. The Hall–Kier alpha value is -2.01. The summed E-state index contributed by atoms with van der Waals surface area (Å²) in [6, 6.07) is 12.9. The number of ether oxygens (including phenoxy) is 1. The maximum absolute atomic E-state index is 12.0. The first-order valence-corrected chi connectivity index (χ1v) is 8.07. The average Bonchev–Trinajstić information content (AvgIpc) is 2.48. The lowest BCUT2D eigenvalue weighted by Crippen LogP contribution is -2.16. The first-order chi connectivity index (χ1) is 10.8. The minimum absolute atomic E-state index is 0.0531. The van der Waals surface area contributed by atoms with Crippen LogP contribution < -0.4 is 5.32 Å². The number of rotatable bonds is 3. The smallest absolute Gasteiger partial charge is 0.412 e. The van der Waals surface area contributed by atoms with E-state index in [0.717, 1.165) is 15.6 Å². The van der Waals surface area contributed by atoms with E-state index in [1.165, 1.54) is 0 Å². The molecule has 0 heterocycles. The van der Waals surface area contributed by atoms with Gasteiger partial charge in [-0.2, -0.15) is 0 Å². The molecule has 0 bridgehead atoms. The molecule has 0 atom stereocenters. The van der Waals surface area contributed by atoms with E-state index in [0.29, 0.717) is 5.69 Å². The number of phenolic OH excluding ortho intramolecular Hbond substituents is 1. The predicted molar refractivity (Wildman–Crippen MR) is 94.8 cm³/mol. The van der Waals surface area contributed by atoms with Crippen LogP contribution in [0.2, 0.25) is 0 Å². The SMILES string of the molecule is CC(C)(C)c1cc(Br)cc(NC(=O)OCc2ccccc2)c1O. The largest absolute Gasteiger partial charge is 0.505 e. The molecule has 2 N–H and O–H groups in total. The van der Waals surface area contributed by atoms with Gasteiger partial charge in [0, 0.05) is 10.0 Å². The molecule has 0 spiro atoms. The van der Waals surface area contributed by atoms with Crippen LogP contribution in [-0.2, 0) is 16.8 Å². The minimum Gasteiger partial charge on any atom is -0.505 e. The second kappa shape index (κ2) is 7.04. The Balaban J connectivity index is 2.10. The second-order valence-corrected chi connectivity index (χ2v) is 7.20. The van der Waals surface area contributed by atoms with Crippen LogP contribution in [0.4, 0.5) is 10.5 Å². The standard InChI is InChI=1S/C18H20BrNO3/c1-18(2,3)14-9-13(19)10-15(16(14)21)20-17(22)23-11-12-7-5-4-6-8-12/h4-10,21H,11H2,1-3H3,(H,20,22). The zero-order chi connectivity index (χ0) is 17.0. The van der Waals surface area contributed by atoms with Crippen LogP contribution in [0.5, 0.6) is 5.75 Å². The number of carbonyl (C=O) groups is 1. The Kier molecular flexibility index (Phi) is 5.31. The lowest BCUT2D eigenvalue weighted by atomic mass is 9.86. The van der Waals surface area contributed by atoms with Crippen molar-refractivity contribution in [2.45, 2.75) is 32.8 Å². The summed E-state index contributed by atoms with van der Waals surface area (Å²) >= 11 is 3.40. The molecule has 23 heavy (non-hydrogen) atoms. The summed E-state index contributed by atoms with van der Waals surface area (Å²) in [7, 11) is 0. The Morgan fingerprint density at radius 3 is 2.48 bits per heavy atom. The Bertz CT molecular complexity index is 693. The van der Waals surface area contributed by atoms with Crippen LogP contribution in [0.15, 0.2) is 46.9 Å². The van der Waals surface area contributed by atoms with Gasteiger partial charge in [-0.3, -0.25) is 5.32 Å². The normalized spacial score (nSPS) is 11.1. The lowest BCUT2D eigenvalue weighted by molar-refractivity contribution is 0.155. The van der Waals surface area contributed by atoms with Gasteiger partial charge in [0.05, 0.1) is 5.69 Å². The van der Waals surface area contributed by atoms with Crippen molar-refractivity contribution in [2.75, 3.05) is 5.32 Å². The molecule has 0 radical (unpaired) electrons. The fourth-order valence-electron chi connectivity index (χ4n) is 2.14. The van der Waals surface area contributed by atoms with Crippen LogP contribution >= 0.6 is 15.9 Å². The Morgan fingerprint density at radius 2 is 1.87 bits per heavy atom. The second-order valence-electron chi connectivity index (χ2n) is 6.29. The quantitative estimate of drug-likeness (QED) is 0.722. The number of anilines is 1. The Morgan fingerprint density at radius 1 is 1.22 bits per heavy atom. The van der Waals surface area contributed by atoms with Gasteiger partial charge < -0.3 is 9.84 Å². The van der Waals surface area contributed by atoms with Crippen molar-refractivity contribution in [3.63, 3.8) is 0 Å². The number of benzene rings is 2. The van der Waals surface area contributed by atoms with Crippen molar-refractivity contribution >= 4 is 27.7 Å². The highest BCUT2D eigenvalue weighted by atomic mass is 79.9. The first-order valence-electron chi connectivity index (χ1n) is 7.28. The van der Waals surface area contributed by atoms with Crippen molar-refractivity contribution in [3.05, 3.63) is 58.1 Å². The predicted octanol–water partition coefficient (Wildman–Crippen LogP) is 5.20. The average molecular weight is 378 g/mol. The highest BCUT2D eigenvalue weighted by Gasteiger charge is 2.22. The molecular weight excluding hydrogens is 358 g/mol. The maximum atomic E-state index is 12.0. The van der Waals surface area contributed by atoms with Crippen molar-refractivity contribution in [3.8, 4) is 5.75 Å². The molecule has 0 aliphatic heterocycles. The molecule has 122 valence electrons. The van der Waals surface area contributed by atoms with Crippen LogP contribution in [0, 0.1) is 0 Å². The van der Waals surface area contributed by atoms with Gasteiger partial charge in [-0.1, -0.05) is 67.0 Å². The molecule has 0 aromatic heterocycles. The number of hydrogen-bond donors (Lipinski definition) is 2. The number of carbonyl (C=O) groups excluding carboxylic acids is 1. The van der Waals surface area contributed by atoms with Gasteiger partial charge in [0.2, 0.25) is 0 Å². The van der Waals surface area contributed by atoms with Crippen molar-refractivity contribution < 1.29 is 14.6 Å². The number of phenols is 1. The van der Waals surface area contributed by atoms with Gasteiger partial charge in [0.15, 0.2) is 0 Å². The van der Waals surface area contributed by atoms with Gasteiger partial charge in [0.25, 0.3) is 0 Å². The summed E-state index contributed by atoms with van der Waals surface area (Å²) in [5.41, 5.74) is 1.71. The maximum Gasteiger partial charge on any atom is 0.412 e. The number of amides is 1. The fraction of sp³-hybridized carbons (Fsp3) is 0.278. The molecule has 2 rings (SSSR count). The molecule has 0 saturated carbocycles. The zero-order valence-electron chi connectivity index (χ0n) is 13.4. The summed E-state index contributed by atoms with van der Waals surface area (Å²) in [5, 5.41) is 13.0. The molecular formula is C18H20BrNO3. The van der Waals surface area contributed by atoms with Gasteiger partial charge in [-0.05, 0) is 23.1 Å². The summed E-state index contributed by atoms with van der Waals surface area (Å²) in [6.45, 7) is 6.15. The topological polar surface area (TPSA) is 58.6 Å². The number of hydrogen-bond acceptors (Lipinski definition) is 3. The Labute approximate surface area is 144 Å². The van der Waals surface area contributed by atoms with Crippen LogP contribution in [0.3, 0.4) is 0 Å². The molecule has 2 aromatic carbocycles. The van der Waals surface area contributed by atoms with Crippen LogP contribution in [0.25, 0.3) is 0 Å². The molecule has 5 heteroatoms. The van der Waals surface area contributed by atoms with Gasteiger partial charge in [-0.25, -0.2) is 4.79 Å². The van der Waals surface area contributed by atoms with Gasteiger partial charge in [-0.15, -0.1) is 0 Å². The van der Waals surface area contributed by atoms with E-state index >= 15 is 0 Å². The van der Waals surface area contributed by atoms with Gasteiger partial charge in [0.1, 0.15) is 12.4 Å². The van der Waals surface area contributed by atoms with Crippen molar-refractivity contribution in [2.24, 2.45) is 0 Å². The highest BCUT2D eigenvalue weighted by molar-refractivity contribution is 9.10. The number of halogens is 1. The van der Waals surface area contributed by atoms with Crippen LogP contribution in [-0.4, -0.2) is 11.2 Å². The summed E-state index contributed by atoms with van der Waals surface area (Å²) in [4.78, 5) is 12.0. The first kappa shape index (κ1) is 17.3. The molecule has 0 unspecified atom stereocenters. The van der Waals surface area contributed by atoms with E-state index in [9.17, 15) is 9.90 Å². The van der Waals surface area contributed by atoms with Crippen molar-refractivity contribution in [1.29, 1.82) is 0 Å². The molecule has 0 saturated heterocycles. The third-order valence-electron chi connectivity index (χ3n) is 3.33. The monoisotopic (exact) mass is 377 g/mol. The summed E-state index contributed by atoms with van der Waals surface area (Å²) in [6.07, 6.45) is -0.609. The number of aromatic hydroxyl groups is 1.